The first-order valence-corrected chi connectivity index (χ1v) is 12.4. The lowest BCUT2D eigenvalue weighted by atomic mass is 9.91. The molecule has 11 heteroatoms. The molecule has 39 heavy (non-hydrogen) atoms. The van der Waals surface area contributed by atoms with Gasteiger partial charge in [-0.05, 0) is 35.4 Å². The van der Waals surface area contributed by atoms with E-state index < -0.39 is 48.0 Å². The topological polar surface area (TPSA) is 134 Å². The van der Waals surface area contributed by atoms with Crippen LogP contribution >= 0.6 is 11.6 Å². The molecule has 4 rings (SSSR count). The molecule has 1 heterocycles. The number of hydrogen-bond donors (Lipinski definition) is 3. The summed E-state index contributed by atoms with van der Waals surface area (Å²) in [6.07, 6.45) is -0.185. The highest BCUT2D eigenvalue weighted by molar-refractivity contribution is 6.30. The fourth-order valence-electron chi connectivity index (χ4n) is 4.05. The average Bonchev–Trinajstić information content (AvgIpc) is 3.31. The summed E-state index contributed by atoms with van der Waals surface area (Å²) in [6.45, 7) is -0.768. The van der Waals surface area contributed by atoms with Gasteiger partial charge in [0.1, 0.15) is 0 Å². The molecule has 200 valence electrons. The van der Waals surface area contributed by atoms with Crippen molar-refractivity contribution in [3.05, 3.63) is 107 Å². The molecule has 3 aromatic rings. The second-order valence-electron chi connectivity index (χ2n) is 8.75. The van der Waals surface area contributed by atoms with Gasteiger partial charge in [0, 0.05) is 17.0 Å². The van der Waals surface area contributed by atoms with E-state index in [2.05, 4.69) is 16.3 Å². The highest BCUT2D eigenvalue weighted by Crippen LogP contribution is 2.26. The Morgan fingerprint density at radius 1 is 0.872 bits per heavy atom. The van der Waals surface area contributed by atoms with Gasteiger partial charge in [0.2, 0.25) is 5.91 Å². The second-order valence-corrected chi connectivity index (χ2v) is 9.19. The summed E-state index contributed by atoms with van der Waals surface area (Å²) in [5, 5.41) is 1.55. The molecule has 1 aliphatic rings. The lowest BCUT2D eigenvalue weighted by molar-refractivity contribution is -0.152. The van der Waals surface area contributed by atoms with Gasteiger partial charge >= 0.3 is 5.97 Å². The van der Waals surface area contributed by atoms with E-state index >= 15 is 0 Å². The third-order valence-electron chi connectivity index (χ3n) is 6.00. The van der Waals surface area contributed by atoms with Gasteiger partial charge < -0.3 is 4.74 Å². The van der Waals surface area contributed by atoms with Crippen molar-refractivity contribution >= 4 is 41.2 Å². The maximum Gasteiger partial charge on any atom is 0.311 e. The molecule has 3 N–H and O–H groups in total. The Kier molecular flexibility index (Phi) is 8.90. The molecule has 1 aliphatic heterocycles. The summed E-state index contributed by atoms with van der Waals surface area (Å²) in [7, 11) is 0. The monoisotopic (exact) mass is 548 g/mol. The summed E-state index contributed by atoms with van der Waals surface area (Å²) < 4.78 is 5.02. The lowest BCUT2D eigenvalue weighted by Crippen LogP contribution is -2.46. The predicted octanol–water partition coefficient (Wildman–Crippen LogP) is 2.36. The maximum atomic E-state index is 13.3. The molecular weight excluding hydrogens is 524 g/mol. The van der Waals surface area contributed by atoms with Crippen LogP contribution in [0.25, 0.3) is 0 Å². The molecule has 0 bridgehead atoms. The van der Waals surface area contributed by atoms with E-state index in [-0.39, 0.29) is 18.5 Å². The molecule has 10 nitrogen and oxygen atoms in total. The van der Waals surface area contributed by atoms with E-state index in [9.17, 15) is 24.0 Å². The fraction of sp³-hybridized carbons (Fsp3) is 0.179. The Hall–Kier alpha value is -4.70. The number of esters is 1. The number of hydrazine groups is 2. The number of carbonyl (C=O) groups excluding carboxylic acids is 5. The summed E-state index contributed by atoms with van der Waals surface area (Å²) >= 11 is 5.78. The van der Waals surface area contributed by atoms with Gasteiger partial charge in [0.15, 0.2) is 6.61 Å². The van der Waals surface area contributed by atoms with Gasteiger partial charge in [-0.1, -0.05) is 72.3 Å². The molecule has 0 unspecified atom stereocenters. The molecular formula is C28H25ClN4O6. The van der Waals surface area contributed by atoms with Crippen LogP contribution in [0.15, 0.2) is 84.9 Å². The first-order chi connectivity index (χ1) is 18.8. The first kappa shape index (κ1) is 27.3. The van der Waals surface area contributed by atoms with Crippen molar-refractivity contribution in [3.63, 3.8) is 0 Å². The minimum Gasteiger partial charge on any atom is -0.455 e. The smallest absolute Gasteiger partial charge is 0.311 e. The molecule has 1 fully saturated rings. The quantitative estimate of drug-likeness (QED) is 0.292. The van der Waals surface area contributed by atoms with E-state index in [0.717, 1.165) is 16.1 Å². The Labute approximate surface area is 229 Å². The third-order valence-corrected chi connectivity index (χ3v) is 6.25. The Morgan fingerprint density at radius 2 is 1.46 bits per heavy atom. The van der Waals surface area contributed by atoms with Crippen LogP contribution in [0, 0.1) is 5.92 Å². The number of ether oxygens (including phenoxy) is 1. The third kappa shape index (κ3) is 7.20. The van der Waals surface area contributed by atoms with Crippen LogP contribution in [0.3, 0.4) is 0 Å². The summed E-state index contributed by atoms with van der Waals surface area (Å²) in [4.78, 5) is 62.4. The highest BCUT2D eigenvalue weighted by Gasteiger charge is 2.37. The van der Waals surface area contributed by atoms with E-state index in [0.29, 0.717) is 5.02 Å². The lowest BCUT2D eigenvalue weighted by Gasteiger charge is -2.23. The van der Waals surface area contributed by atoms with E-state index in [1.54, 1.807) is 0 Å². The van der Waals surface area contributed by atoms with Crippen molar-refractivity contribution < 1.29 is 28.7 Å². The summed E-state index contributed by atoms with van der Waals surface area (Å²) in [5.41, 5.74) is 8.74. The van der Waals surface area contributed by atoms with Gasteiger partial charge in [-0.15, -0.1) is 0 Å². The van der Waals surface area contributed by atoms with Crippen LogP contribution in [0.2, 0.25) is 5.02 Å². The van der Waals surface area contributed by atoms with Crippen molar-refractivity contribution in [2.75, 3.05) is 13.2 Å². The Balaban J connectivity index is 1.28. The molecule has 0 spiro atoms. The summed E-state index contributed by atoms with van der Waals surface area (Å²) in [5.74, 6) is -4.55. The number of hydrogen-bond acceptors (Lipinski definition) is 6. The second kappa shape index (κ2) is 12.7. The van der Waals surface area contributed by atoms with Crippen LogP contribution in [-0.4, -0.2) is 47.8 Å². The maximum absolute atomic E-state index is 13.3. The molecule has 4 amide bonds. The fourth-order valence-corrected chi connectivity index (χ4v) is 4.17. The van der Waals surface area contributed by atoms with Gasteiger partial charge in [0.05, 0.1) is 18.4 Å². The van der Waals surface area contributed by atoms with Crippen LogP contribution in [0.4, 0.5) is 0 Å². The van der Waals surface area contributed by atoms with Crippen LogP contribution in [0.1, 0.15) is 33.8 Å². The van der Waals surface area contributed by atoms with E-state index in [1.165, 1.54) is 24.3 Å². The molecule has 1 atom stereocenters. The van der Waals surface area contributed by atoms with Crippen LogP contribution in [-0.2, 0) is 23.9 Å². The van der Waals surface area contributed by atoms with Crippen molar-refractivity contribution in [2.45, 2.75) is 12.3 Å². The zero-order valence-corrected chi connectivity index (χ0v) is 21.4. The van der Waals surface area contributed by atoms with Crippen molar-refractivity contribution in [2.24, 2.45) is 5.92 Å². The minimum atomic E-state index is -0.874. The molecule has 0 aliphatic carbocycles. The number of rotatable bonds is 8. The molecule has 0 aromatic heterocycles. The Morgan fingerprint density at radius 3 is 2.05 bits per heavy atom. The standard InChI is InChI=1S/C28H25ClN4O6/c29-22-13-11-20(12-14-22)26(36)31-30-23(34)17-39-28(38)21-15-24(35)33(16-21)32-27(37)25(18-7-3-1-4-8-18)19-9-5-2-6-10-19/h1-14,21,25H,15-17H2,(H,30,34)(H,31,36)(H,32,37)/t21-/m0/s1. The first-order valence-electron chi connectivity index (χ1n) is 12.0. The molecule has 0 saturated carbocycles. The number of halogens is 1. The SMILES string of the molecule is O=C(COC(=O)[C@H]1CC(=O)N(NC(=O)C(c2ccccc2)c2ccccc2)C1)NNC(=O)c1ccc(Cl)cc1. The van der Waals surface area contributed by atoms with E-state index in [1.807, 2.05) is 60.7 Å². The van der Waals surface area contributed by atoms with Gasteiger partial charge in [-0.2, -0.15) is 0 Å². The number of nitrogens with one attached hydrogen (secondary N) is 3. The number of benzene rings is 3. The average molecular weight is 549 g/mol. The van der Waals surface area contributed by atoms with Gasteiger partial charge in [-0.3, -0.25) is 45.3 Å². The molecule has 1 saturated heterocycles. The zero-order chi connectivity index (χ0) is 27.8. The minimum absolute atomic E-state index is 0.103. The van der Waals surface area contributed by atoms with Crippen LogP contribution < -0.4 is 16.3 Å². The largest absolute Gasteiger partial charge is 0.455 e. The van der Waals surface area contributed by atoms with Crippen LogP contribution in [0.5, 0.6) is 0 Å². The van der Waals surface area contributed by atoms with Gasteiger partial charge in [0.25, 0.3) is 17.7 Å². The van der Waals surface area contributed by atoms with Gasteiger partial charge in [-0.25, -0.2) is 0 Å². The highest BCUT2D eigenvalue weighted by atomic mass is 35.5. The van der Waals surface area contributed by atoms with Crippen molar-refractivity contribution in [3.8, 4) is 0 Å². The van der Waals surface area contributed by atoms with Crippen molar-refractivity contribution in [1.82, 2.24) is 21.3 Å². The predicted molar refractivity (Wildman–Crippen MR) is 141 cm³/mol. The zero-order valence-electron chi connectivity index (χ0n) is 20.6. The number of amides is 4. The van der Waals surface area contributed by atoms with E-state index in [4.69, 9.17) is 16.3 Å². The molecule has 3 aromatic carbocycles. The number of nitrogens with zero attached hydrogens (tertiary/aromatic N) is 1. The number of carbonyl (C=O) groups is 5. The normalized spacial score (nSPS) is 14.6. The Bertz CT molecular complexity index is 1310. The summed E-state index contributed by atoms with van der Waals surface area (Å²) in [6, 6.07) is 24.3. The molecule has 0 radical (unpaired) electrons. The van der Waals surface area contributed by atoms with Crippen molar-refractivity contribution in [1.29, 1.82) is 0 Å².